The first-order valence-electron chi connectivity index (χ1n) is 5.99. The zero-order valence-corrected chi connectivity index (χ0v) is 10.9. The summed E-state index contributed by atoms with van der Waals surface area (Å²) in [6.07, 6.45) is 2.26. The van der Waals surface area contributed by atoms with E-state index in [1.54, 1.807) is 0 Å². The molecule has 0 saturated heterocycles. The molecule has 102 valence electrons. The third-order valence-electron chi connectivity index (χ3n) is 2.69. The van der Waals surface area contributed by atoms with E-state index in [1.807, 2.05) is 13.8 Å². The molecule has 5 heteroatoms. The van der Waals surface area contributed by atoms with Gasteiger partial charge in [-0.1, -0.05) is 6.07 Å². The van der Waals surface area contributed by atoms with Gasteiger partial charge in [0.2, 0.25) is 0 Å². The lowest BCUT2D eigenvalue weighted by molar-refractivity contribution is -0.131. The van der Waals surface area contributed by atoms with E-state index >= 15 is 0 Å². The molecule has 0 aliphatic rings. The van der Waals surface area contributed by atoms with Crippen LogP contribution in [0.5, 0.6) is 0 Å². The lowest BCUT2D eigenvalue weighted by Crippen LogP contribution is -2.31. The normalized spacial score (nSPS) is 10.7. The number of benzene rings is 1. The number of hydrogen-bond acceptors (Lipinski definition) is 2. The van der Waals surface area contributed by atoms with Gasteiger partial charge in [0.25, 0.3) is 5.91 Å². The van der Waals surface area contributed by atoms with Gasteiger partial charge in [-0.05, 0) is 37.6 Å². The second-order valence-electron chi connectivity index (χ2n) is 3.89. The van der Waals surface area contributed by atoms with Crippen molar-refractivity contribution in [1.82, 2.24) is 4.90 Å². The minimum atomic E-state index is -1.10. The standard InChI is InChI=1S/C14H16FNO3/c1-3-16(4-2)14(19)11-9-10(5-7-12(11)15)6-8-13(17)18/h5-9H,3-4H2,1-2H3,(H,17,18). The third kappa shape index (κ3) is 3.91. The predicted molar refractivity (Wildman–Crippen MR) is 70.3 cm³/mol. The van der Waals surface area contributed by atoms with E-state index in [1.165, 1.54) is 23.1 Å². The van der Waals surface area contributed by atoms with Crippen molar-refractivity contribution < 1.29 is 19.1 Å². The molecule has 1 rings (SSSR count). The van der Waals surface area contributed by atoms with Crippen molar-refractivity contribution >= 4 is 18.0 Å². The number of carbonyl (C=O) groups is 2. The lowest BCUT2D eigenvalue weighted by atomic mass is 10.1. The molecular formula is C14H16FNO3. The maximum atomic E-state index is 13.7. The van der Waals surface area contributed by atoms with E-state index in [-0.39, 0.29) is 5.56 Å². The topological polar surface area (TPSA) is 57.6 Å². The average molecular weight is 265 g/mol. The van der Waals surface area contributed by atoms with Crippen LogP contribution in [-0.2, 0) is 4.79 Å². The Kier molecular flexibility index (Phi) is 5.23. The Labute approximate surface area is 111 Å². The summed E-state index contributed by atoms with van der Waals surface area (Å²) < 4.78 is 13.7. The first-order valence-corrected chi connectivity index (χ1v) is 5.99. The molecule has 0 saturated carbocycles. The van der Waals surface area contributed by atoms with E-state index < -0.39 is 17.7 Å². The number of halogens is 1. The van der Waals surface area contributed by atoms with Gasteiger partial charge in [0.15, 0.2) is 0 Å². The highest BCUT2D eigenvalue weighted by atomic mass is 19.1. The van der Waals surface area contributed by atoms with Gasteiger partial charge in [0.1, 0.15) is 5.82 Å². The van der Waals surface area contributed by atoms with Crippen molar-refractivity contribution in [2.75, 3.05) is 13.1 Å². The molecule has 1 aromatic carbocycles. The van der Waals surface area contributed by atoms with Crippen molar-refractivity contribution in [2.45, 2.75) is 13.8 Å². The number of hydrogen-bond donors (Lipinski definition) is 1. The fourth-order valence-electron chi connectivity index (χ4n) is 1.66. The average Bonchev–Trinajstić information content (AvgIpc) is 2.38. The van der Waals surface area contributed by atoms with Crippen molar-refractivity contribution in [1.29, 1.82) is 0 Å². The van der Waals surface area contributed by atoms with Crippen LogP contribution in [0.4, 0.5) is 4.39 Å². The maximum absolute atomic E-state index is 13.7. The van der Waals surface area contributed by atoms with Crippen LogP contribution in [0.2, 0.25) is 0 Å². The fourth-order valence-corrected chi connectivity index (χ4v) is 1.66. The Morgan fingerprint density at radius 1 is 1.32 bits per heavy atom. The molecule has 0 aliphatic carbocycles. The summed E-state index contributed by atoms with van der Waals surface area (Å²) in [6, 6.07) is 3.95. The molecule has 0 heterocycles. The molecule has 1 amide bonds. The Balaban J connectivity index is 3.10. The van der Waals surface area contributed by atoms with E-state index in [0.29, 0.717) is 18.7 Å². The molecule has 1 aromatic rings. The first-order chi connectivity index (χ1) is 8.99. The molecule has 1 N–H and O–H groups in total. The summed E-state index contributed by atoms with van der Waals surface area (Å²) in [4.78, 5) is 24.0. The van der Waals surface area contributed by atoms with E-state index in [2.05, 4.69) is 0 Å². The van der Waals surface area contributed by atoms with Crippen LogP contribution >= 0.6 is 0 Å². The summed E-state index contributed by atoms with van der Waals surface area (Å²) in [5, 5.41) is 8.54. The predicted octanol–water partition coefficient (Wildman–Crippen LogP) is 2.41. The molecular weight excluding hydrogens is 249 g/mol. The SMILES string of the molecule is CCN(CC)C(=O)c1cc(C=CC(=O)O)ccc1F. The van der Waals surface area contributed by atoms with Gasteiger partial charge in [0.05, 0.1) is 5.56 Å². The highest BCUT2D eigenvalue weighted by Crippen LogP contribution is 2.14. The summed E-state index contributed by atoms with van der Waals surface area (Å²) in [5.74, 6) is -2.10. The van der Waals surface area contributed by atoms with Crippen molar-refractivity contribution in [3.63, 3.8) is 0 Å². The minimum Gasteiger partial charge on any atom is -0.478 e. The van der Waals surface area contributed by atoms with Gasteiger partial charge >= 0.3 is 5.97 Å². The molecule has 0 unspecified atom stereocenters. The molecule has 0 aliphatic heterocycles. The number of aliphatic carboxylic acids is 1. The number of nitrogens with zero attached hydrogens (tertiary/aromatic N) is 1. The van der Waals surface area contributed by atoms with Gasteiger partial charge in [-0.2, -0.15) is 0 Å². The molecule has 0 atom stereocenters. The van der Waals surface area contributed by atoms with E-state index in [4.69, 9.17) is 5.11 Å². The molecule has 0 bridgehead atoms. The van der Waals surface area contributed by atoms with E-state index in [9.17, 15) is 14.0 Å². The van der Waals surface area contributed by atoms with Gasteiger partial charge in [-0.25, -0.2) is 9.18 Å². The molecule has 0 aromatic heterocycles. The zero-order chi connectivity index (χ0) is 14.4. The number of carboxylic acids is 1. The molecule has 0 fully saturated rings. The summed E-state index contributed by atoms with van der Waals surface area (Å²) in [6.45, 7) is 4.61. The van der Waals surface area contributed by atoms with Crippen LogP contribution in [0.25, 0.3) is 6.08 Å². The highest BCUT2D eigenvalue weighted by molar-refractivity contribution is 5.95. The number of rotatable bonds is 5. The Hall–Kier alpha value is -2.17. The second-order valence-corrected chi connectivity index (χ2v) is 3.89. The minimum absolute atomic E-state index is 0.0451. The second kappa shape index (κ2) is 6.68. The third-order valence-corrected chi connectivity index (χ3v) is 2.69. The summed E-state index contributed by atoms with van der Waals surface area (Å²) >= 11 is 0. The molecule has 4 nitrogen and oxygen atoms in total. The first kappa shape index (κ1) is 14.9. The number of amides is 1. The van der Waals surface area contributed by atoms with Gasteiger partial charge in [-0.3, -0.25) is 4.79 Å². The van der Waals surface area contributed by atoms with Crippen LogP contribution in [0.3, 0.4) is 0 Å². The maximum Gasteiger partial charge on any atom is 0.328 e. The zero-order valence-electron chi connectivity index (χ0n) is 10.9. The molecule has 0 spiro atoms. The quantitative estimate of drug-likeness (QED) is 0.832. The Morgan fingerprint density at radius 2 is 1.95 bits per heavy atom. The van der Waals surface area contributed by atoms with Gasteiger partial charge in [-0.15, -0.1) is 0 Å². The monoisotopic (exact) mass is 265 g/mol. The number of carbonyl (C=O) groups excluding carboxylic acids is 1. The van der Waals surface area contributed by atoms with Crippen LogP contribution in [0, 0.1) is 5.82 Å². The smallest absolute Gasteiger partial charge is 0.328 e. The fraction of sp³-hybridized carbons (Fsp3) is 0.286. The Morgan fingerprint density at radius 3 is 2.47 bits per heavy atom. The van der Waals surface area contributed by atoms with Gasteiger partial charge < -0.3 is 10.0 Å². The van der Waals surface area contributed by atoms with E-state index in [0.717, 1.165) is 12.1 Å². The van der Waals surface area contributed by atoms with Crippen LogP contribution < -0.4 is 0 Å². The van der Waals surface area contributed by atoms with Crippen molar-refractivity contribution in [3.8, 4) is 0 Å². The van der Waals surface area contributed by atoms with Crippen molar-refractivity contribution in [3.05, 3.63) is 41.2 Å². The van der Waals surface area contributed by atoms with Crippen LogP contribution in [0.15, 0.2) is 24.3 Å². The highest BCUT2D eigenvalue weighted by Gasteiger charge is 2.16. The lowest BCUT2D eigenvalue weighted by Gasteiger charge is -2.19. The Bertz CT molecular complexity index is 507. The number of carboxylic acid groups (broad SMARTS) is 1. The summed E-state index contributed by atoms with van der Waals surface area (Å²) in [5.41, 5.74) is 0.426. The molecule has 19 heavy (non-hydrogen) atoms. The molecule has 0 radical (unpaired) electrons. The van der Waals surface area contributed by atoms with Crippen molar-refractivity contribution in [2.24, 2.45) is 0 Å². The van der Waals surface area contributed by atoms with Crippen LogP contribution in [0.1, 0.15) is 29.8 Å². The largest absolute Gasteiger partial charge is 0.478 e. The van der Waals surface area contributed by atoms with Crippen LogP contribution in [-0.4, -0.2) is 35.0 Å². The van der Waals surface area contributed by atoms with Gasteiger partial charge in [0, 0.05) is 19.2 Å². The summed E-state index contributed by atoms with van der Waals surface area (Å²) in [7, 11) is 0.